The van der Waals surface area contributed by atoms with Crippen molar-refractivity contribution in [1.82, 2.24) is 15.1 Å². The van der Waals surface area contributed by atoms with Gasteiger partial charge in [0.25, 0.3) is 0 Å². The van der Waals surface area contributed by atoms with E-state index in [9.17, 15) is 4.79 Å². The highest BCUT2D eigenvalue weighted by Gasteiger charge is 2.29. The fraction of sp³-hybridized carbons (Fsp3) is 0.636. The molecule has 0 amide bonds. The number of halogens is 1. The first kappa shape index (κ1) is 23.9. The molecule has 1 aromatic carbocycles. The average Bonchev–Trinajstić information content (AvgIpc) is 3.27. The van der Waals surface area contributed by atoms with Gasteiger partial charge >= 0.3 is 5.97 Å². The first-order chi connectivity index (χ1) is 13.7. The fourth-order valence-corrected chi connectivity index (χ4v) is 4.33. The molecule has 3 rings (SSSR count). The van der Waals surface area contributed by atoms with Gasteiger partial charge in [-0.1, -0.05) is 30.3 Å². The van der Waals surface area contributed by atoms with E-state index in [1.165, 1.54) is 18.4 Å². The lowest BCUT2D eigenvalue weighted by atomic mass is 9.98. The van der Waals surface area contributed by atoms with Gasteiger partial charge in [-0.2, -0.15) is 0 Å². The molecule has 0 aliphatic carbocycles. The smallest absolute Gasteiger partial charge is 0.310 e. The quantitative estimate of drug-likeness (QED) is 0.273. The van der Waals surface area contributed by atoms with Gasteiger partial charge in [0, 0.05) is 26.7 Å². The Bertz CT molecular complexity index is 649. The topological polar surface area (TPSA) is 57.2 Å². The second kappa shape index (κ2) is 12.4. The molecule has 1 N–H and O–H groups in total. The lowest BCUT2D eigenvalue weighted by molar-refractivity contribution is -0.149. The van der Waals surface area contributed by atoms with Gasteiger partial charge < -0.3 is 15.0 Å². The summed E-state index contributed by atoms with van der Waals surface area (Å²) in [5, 5.41) is 3.59. The van der Waals surface area contributed by atoms with E-state index in [0.717, 1.165) is 45.0 Å². The van der Waals surface area contributed by atoms with Gasteiger partial charge in [0.15, 0.2) is 5.96 Å². The van der Waals surface area contributed by atoms with Crippen molar-refractivity contribution in [3.63, 3.8) is 0 Å². The molecule has 0 radical (unpaired) electrons. The molecule has 29 heavy (non-hydrogen) atoms. The summed E-state index contributed by atoms with van der Waals surface area (Å²) < 4.78 is 5.23. The van der Waals surface area contributed by atoms with Crippen LogP contribution in [-0.4, -0.2) is 68.1 Å². The van der Waals surface area contributed by atoms with Crippen molar-refractivity contribution in [3.8, 4) is 0 Å². The maximum Gasteiger partial charge on any atom is 0.310 e. The van der Waals surface area contributed by atoms with Crippen LogP contribution in [0, 0.1) is 5.92 Å². The summed E-state index contributed by atoms with van der Waals surface area (Å²) in [6.45, 7) is 7.02. The number of carbonyl (C=O) groups is 1. The number of piperidine rings is 1. The third kappa shape index (κ3) is 6.57. The molecule has 0 bridgehead atoms. The van der Waals surface area contributed by atoms with Crippen molar-refractivity contribution in [3.05, 3.63) is 35.9 Å². The van der Waals surface area contributed by atoms with E-state index in [2.05, 4.69) is 50.4 Å². The van der Waals surface area contributed by atoms with Gasteiger partial charge in [-0.15, -0.1) is 24.0 Å². The Balaban J connectivity index is 0.00000300. The summed E-state index contributed by atoms with van der Waals surface area (Å²) in [5.74, 6) is 0.742. The van der Waals surface area contributed by atoms with E-state index in [4.69, 9.17) is 4.74 Å². The van der Waals surface area contributed by atoms with E-state index in [-0.39, 0.29) is 35.9 Å². The van der Waals surface area contributed by atoms with Crippen LogP contribution in [0.2, 0.25) is 0 Å². The third-order valence-corrected chi connectivity index (χ3v) is 5.77. The van der Waals surface area contributed by atoms with Crippen LogP contribution in [0.3, 0.4) is 0 Å². The Morgan fingerprint density at radius 3 is 2.59 bits per heavy atom. The van der Waals surface area contributed by atoms with Gasteiger partial charge in [0.05, 0.1) is 18.6 Å². The van der Waals surface area contributed by atoms with Crippen molar-refractivity contribution < 1.29 is 9.53 Å². The molecular formula is C22H35IN4O2. The van der Waals surface area contributed by atoms with Gasteiger partial charge in [0.1, 0.15) is 0 Å². The second-order valence-corrected chi connectivity index (χ2v) is 7.63. The van der Waals surface area contributed by atoms with Crippen molar-refractivity contribution >= 4 is 35.9 Å². The molecule has 2 aliphatic rings. The van der Waals surface area contributed by atoms with Crippen molar-refractivity contribution in [2.75, 3.05) is 46.4 Å². The zero-order chi connectivity index (χ0) is 19.8. The Morgan fingerprint density at radius 1 is 1.21 bits per heavy atom. The summed E-state index contributed by atoms with van der Waals surface area (Å²) in [7, 11) is 1.82. The van der Waals surface area contributed by atoms with Gasteiger partial charge in [-0.05, 0) is 51.3 Å². The van der Waals surface area contributed by atoms with Crippen LogP contribution in [0.15, 0.2) is 35.3 Å². The summed E-state index contributed by atoms with van der Waals surface area (Å²) in [6, 6.07) is 11.1. The Morgan fingerprint density at radius 2 is 1.93 bits per heavy atom. The number of guanidine groups is 1. The van der Waals surface area contributed by atoms with E-state index in [0.29, 0.717) is 19.2 Å². The molecule has 0 spiro atoms. The van der Waals surface area contributed by atoms with Crippen molar-refractivity contribution in [2.24, 2.45) is 10.9 Å². The molecule has 0 saturated carbocycles. The predicted molar refractivity (Wildman–Crippen MR) is 128 cm³/mol. The van der Waals surface area contributed by atoms with E-state index < -0.39 is 0 Å². The Hall–Kier alpha value is -1.35. The number of benzene rings is 1. The minimum atomic E-state index is -0.0816. The summed E-state index contributed by atoms with van der Waals surface area (Å²) >= 11 is 0. The predicted octanol–water partition coefficient (Wildman–Crippen LogP) is 3.29. The third-order valence-electron chi connectivity index (χ3n) is 5.77. The van der Waals surface area contributed by atoms with Crippen LogP contribution in [-0.2, 0) is 9.53 Å². The lowest BCUT2D eigenvalue weighted by Crippen LogP contribution is -2.50. The largest absolute Gasteiger partial charge is 0.466 e. The van der Waals surface area contributed by atoms with Crippen LogP contribution in [0.1, 0.15) is 44.2 Å². The summed E-state index contributed by atoms with van der Waals surface area (Å²) in [6.07, 6.45) is 4.42. The first-order valence-corrected chi connectivity index (χ1v) is 10.6. The number of hydrogen-bond donors (Lipinski definition) is 1. The zero-order valence-electron chi connectivity index (χ0n) is 17.7. The molecule has 6 nitrogen and oxygen atoms in total. The number of nitrogens with one attached hydrogen (secondary N) is 1. The average molecular weight is 514 g/mol. The van der Waals surface area contributed by atoms with E-state index in [1.807, 2.05) is 14.0 Å². The highest BCUT2D eigenvalue weighted by atomic mass is 127. The highest BCUT2D eigenvalue weighted by molar-refractivity contribution is 14.0. The highest BCUT2D eigenvalue weighted by Crippen LogP contribution is 2.25. The standard InChI is InChI=1S/C22H34N4O2.HI/c1-3-28-21(27)19-12-9-15-26(17-19)22(23-2)24-16-20(25-13-7-8-14-25)18-10-5-4-6-11-18;/h4-6,10-11,19-20H,3,7-9,12-17H2,1-2H3,(H,23,24);1H. The molecule has 2 unspecified atom stereocenters. The monoisotopic (exact) mass is 514 g/mol. The van der Waals surface area contributed by atoms with Crippen LogP contribution < -0.4 is 5.32 Å². The minimum Gasteiger partial charge on any atom is -0.466 e. The molecular weight excluding hydrogens is 479 g/mol. The van der Waals surface area contributed by atoms with Crippen molar-refractivity contribution in [1.29, 1.82) is 0 Å². The number of nitrogens with zero attached hydrogens (tertiary/aromatic N) is 3. The van der Waals surface area contributed by atoms with Crippen LogP contribution in [0.4, 0.5) is 0 Å². The molecule has 162 valence electrons. The Labute approximate surface area is 192 Å². The minimum absolute atomic E-state index is 0. The number of rotatable bonds is 6. The zero-order valence-corrected chi connectivity index (χ0v) is 20.0. The van der Waals surface area contributed by atoms with Gasteiger partial charge in [0.2, 0.25) is 0 Å². The maximum absolute atomic E-state index is 12.2. The molecule has 0 aromatic heterocycles. The number of hydrogen-bond acceptors (Lipinski definition) is 4. The molecule has 2 saturated heterocycles. The lowest BCUT2D eigenvalue weighted by Gasteiger charge is -2.35. The molecule has 1 aromatic rings. The number of carbonyl (C=O) groups excluding carboxylic acids is 1. The maximum atomic E-state index is 12.2. The first-order valence-electron chi connectivity index (χ1n) is 10.6. The fourth-order valence-electron chi connectivity index (χ4n) is 4.33. The molecule has 7 heteroatoms. The summed E-state index contributed by atoms with van der Waals surface area (Å²) in [4.78, 5) is 21.4. The van der Waals surface area contributed by atoms with Crippen LogP contribution >= 0.6 is 24.0 Å². The number of aliphatic imine (C=N–C) groups is 1. The molecule has 2 fully saturated rings. The number of likely N-dealkylation sites (tertiary alicyclic amines) is 2. The SMILES string of the molecule is CCOC(=O)C1CCCN(C(=NC)NCC(c2ccccc2)N2CCCC2)C1.I. The molecule has 2 atom stereocenters. The van der Waals surface area contributed by atoms with E-state index >= 15 is 0 Å². The van der Waals surface area contributed by atoms with Crippen LogP contribution in [0.5, 0.6) is 0 Å². The van der Waals surface area contributed by atoms with E-state index in [1.54, 1.807) is 0 Å². The number of ether oxygens (including phenoxy) is 1. The number of esters is 1. The van der Waals surface area contributed by atoms with Gasteiger partial charge in [-0.3, -0.25) is 14.7 Å². The van der Waals surface area contributed by atoms with Gasteiger partial charge in [-0.25, -0.2) is 0 Å². The molecule has 2 aliphatic heterocycles. The van der Waals surface area contributed by atoms with Crippen molar-refractivity contribution in [2.45, 2.75) is 38.6 Å². The Kier molecular flexibility index (Phi) is 10.2. The second-order valence-electron chi connectivity index (χ2n) is 7.63. The summed E-state index contributed by atoms with van der Waals surface area (Å²) in [5.41, 5.74) is 1.34. The van der Waals surface area contributed by atoms with Crippen LogP contribution in [0.25, 0.3) is 0 Å². The molecule has 2 heterocycles. The normalized spacial score (nSPS) is 21.4.